The average molecular weight is 333 g/mol. The highest BCUT2D eigenvalue weighted by Crippen LogP contribution is 2.24. The zero-order valence-corrected chi connectivity index (χ0v) is 14.7. The van der Waals surface area contributed by atoms with Crippen molar-refractivity contribution in [1.29, 1.82) is 0 Å². The Morgan fingerprint density at radius 3 is 2.39 bits per heavy atom. The van der Waals surface area contributed by atoms with Gasteiger partial charge < -0.3 is 11.1 Å². The van der Waals surface area contributed by atoms with Crippen molar-refractivity contribution >= 4 is 24.0 Å². The summed E-state index contributed by atoms with van der Waals surface area (Å²) in [5.41, 5.74) is 10.4. The van der Waals surface area contributed by atoms with E-state index in [1.807, 2.05) is 62.4 Å². The lowest BCUT2D eigenvalue weighted by Gasteiger charge is -2.21. The van der Waals surface area contributed by atoms with Crippen molar-refractivity contribution in [3.63, 3.8) is 0 Å². The van der Waals surface area contributed by atoms with Gasteiger partial charge in [0.15, 0.2) is 0 Å². The lowest BCUT2D eigenvalue weighted by molar-refractivity contribution is -0.120. The van der Waals surface area contributed by atoms with Crippen molar-refractivity contribution in [2.45, 2.75) is 33.2 Å². The first-order valence-corrected chi connectivity index (χ1v) is 7.74. The molecule has 3 N–H and O–H groups in total. The first-order valence-electron chi connectivity index (χ1n) is 7.74. The van der Waals surface area contributed by atoms with E-state index >= 15 is 0 Å². The maximum absolute atomic E-state index is 12.6. The predicted molar refractivity (Wildman–Crippen MR) is 99.0 cm³/mol. The van der Waals surface area contributed by atoms with E-state index in [0.29, 0.717) is 0 Å². The van der Waals surface area contributed by atoms with Crippen LogP contribution in [0.15, 0.2) is 48.5 Å². The van der Waals surface area contributed by atoms with Gasteiger partial charge >= 0.3 is 0 Å². The number of carbonyl (C=O) groups is 1. The standard InChI is InChI=1S/C19H24N2O.ClH/c1-4-15-12-8-9-13(2)18(15)21-19(22)14(3)17(20)16-10-6-5-7-11-16;/h5-12,14,17H,4,20H2,1-3H3,(H,21,22);1H. The molecule has 0 spiro atoms. The summed E-state index contributed by atoms with van der Waals surface area (Å²) in [5, 5.41) is 3.06. The quantitative estimate of drug-likeness (QED) is 0.859. The van der Waals surface area contributed by atoms with E-state index in [4.69, 9.17) is 5.73 Å². The summed E-state index contributed by atoms with van der Waals surface area (Å²) in [5.74, 6) is -0.341. The van der Waals surface area contributed by atoms with Crippen molar-refractivity contribution in [3.05, 3.63) is 65.2 Å². The lowest BCUT2D eigenvalue weighted by Crippen LogP contribution is -2.31. The Morgan fingerprint density at radius 1 is 1.13 bits per heavy atom. The minimum Gasteiger partial charge on any atom is -0.325 e. The molecule has 1 amide bonds. The van der Waals surface area contributed by atoms with Gasteiger partial charge in [0.1, 0.15) is 0 Å². The Bertz CT molecular complexity index is 643. The summed E-state index contributed by atoms with van der Waals surface area (Å²) < 4.78 is 0. The third kappa shape index (κ3) is 4.57. The summed E-state index contributed by atoms with van der Waals surface area (Å²) >= 11 is 0. The lowest BCUT2D eigenvalue weighted by atomic mass is 9.94. The summed E-state index contributed by atoms with van der Waals surface area (Å²) in [6, 6.07) is 15.5. The van der Waals surface area contributed by atoms with Crippen LogP contribution in [0.2, 0.25) is 0 Å². The molecular weight excluding hydrogens is 308 g/mol. The van der Waals surface area contributed by atoms with E-state index in [1.165, 1.54) is 0 Å². The molecule has 2 aromatic rings. The fourth-order valence-electron chi connectivity index (χ4n) is 2.57. The smallest absolute Gasteiger partial charge is 0.229 e. The molecule has 4 heteroatoms. The van der Waals surface area contributed by atoms with Gasteiger partial charge in [0, 0.05) is 11.7 Å². The Kier molecular flexibility index (Phi) is 7.27. The molecule has 0 bridgehead atoms. The van der Waals surface area contributed by atoms with Crippen LogP contribution in [-0.4, -0.2) is 5.91 Å². The second-order valence-electron chi connectivity index (χ2n) is 5.68. The number of para-hydroxylation sites is 1. The fraction of sp³-hybridized carbons (Fsp3) is 0.316. The number of nitrogens with two attached hydrogens (primary N) is 1. The first-order chi connectivity index (χ1) is 10.5. The molecule has 2 rings (SSSR count). The molecule has 0 aromatic heterocycles. The van der Waals surface area contributed by atoms with Crippen molar-refractivity contribution in [2.75, 3.05) is 5.32 Å². The van der Waals surface area contributed by atoms with Crippen molar-refractivity contribution in [3.8, 4) is 0 Å². The number of halogens is 1. The molecular formula is C19H25ClN2O. The van der Waals surface area contributed by atoms with Gasteiger partial charge in [-0.05, 0) is 30.0 Å². The molecule has 0 saturated heterocycles. The molecule has 124 valence electrons. The van der Waals surface area contributed by atoms with Gasteiger partial charge in [-0.1, -0.05) is 62.4 Å². The van der Waals surface area contributed by atoms with E-state index in [-0.39, 0.29) is 30.3 Å². The summed E-state index contributed by atoms with van der Waals surface area (Å²) in [4.78, 5) is 12.6. The van der Waals surface area contributed by atoms with Crippen LogP contribution in [0.4, 0.5) is 5.69 Å². The highest BCUT2D eigenvalue weighted by molar-refractivity contribution is 5.94. The van der Waals surface area contributed by atoms with Crippen molar-refractivity contribution in [2.24, 2.45) is 11.7 Å². The molecule has 2 unspecified atom stereocenters. The zero-order chi connectivity index (χ0) is 16.1. The summed E-state index contributed by atoms with van der Waals surface area (Å²) in [6.45, 7) is 5.97. The number of aryl methyl sites for hydroxylation is 2. The molecule has 0 heterocycles. The molecule has 23 heavy (non-hydrogen) atoms. The van der Waals surface area contributed by atoms with Crippen LogP contribution in [0.25, 0.3) is 0 Å². The Hall–Kier alpha value is -1.84. The topological polar surface area (TPSA) is 55.1 Å². The van der Waals surface area contributed by atoms with E-state index in [0.717, 1.165) is 28.8 Å². The second-order valence-corrected chi connectivity index (χ2v) is 5.68. The predicted octanol–water partition coefficient (Wildman–Crippen LogP) is 4.25. The van der Waals surface area contributed by atoms with E-state index in [1.54, 1.807) is 0 Å². The Balaban J connectivity index is 0.00000264. The third-order valence-electron chi connectivity index (χ3n) is 4.12. The number of anilines is 1. The Morgan fingerprint density at radius 2 is 1.78 bits per heavy atom. The normalized spacial score (nSPS) is 12.9. The van der Waals surface area contributed by atoms with Crippen LogP contribution >= 0.6 is 12.4 Å². The minimum absolute atomic E-state index is 0. The van der Waals surface area contributed by atoms with Gasteiger partial charge in [-0.25, -0.2) is 0 Å². The Labute approximate surface area is 144 Å². The van der Waals surface area contributed by atoms with Gasteiger partial charge in [-0.15, -0.1) is 12.4 Å². The molecule has 0 fully saturated rings. The third-order valence-corrected chi connectivity index (χ3v) is 4.12. The molecule has 0 radical (unpaired) electrons. The highest BCUT2D eigenvalue weighted by atomic mass is 35.5. The number of amides is 1. The molecule has 0 aliphatic rings. The second kappa shape index (κ2) is 8.70. The monoisotopic (exact) mass is 332 g/mol. The van der Waals surface area contributed by atoms with Crippen molar-refractivity contribution < 1.29 is 4.79 Å². The van der Waals surface area contributed by atoms with Crippen LogP contribution in [0.1, 0.15) is 36.6 Å². The summed E-state index contributed by atoms with van der Waals surface area (Å²) in [6.07, 6.45) is 0.885. The minimum atomic E-state index is -0.310. The fourth-order valence-corrected chi connectivity index (χ4v) is 2.57. The summed E-state index contributed by atoms with van der Waals surface area (Å²) in [7, 11) is 0. The van der Waals surface area contributed by atoms with E-state index < -0.39 is 0 Å². The zero-order valence-electron chi connectivity index (χ0n) is 13.9. The van der Waals surface area contributed by atoms with Crippen LogP contribution < -0.4 is 11.1 Å². The molecule has 2 atom stereocenters. The largest absolute Gasteiger partial charge is 0.325 e. The molecule has 2 aromatic carbocycles. The molecule has 0 aliphatic carbocycles. The van der Waals surface area contributed by atoms with Crippen molar-refractivity contribution in [1.82, 2.24) is 0 Å². The van der Waals surface area contributed by atoms with Gasteiger partial charge in [0.25, 0.3) is 0 Å². The number of carbonyl (C=O) groups excluding carboxylic acids is 1. The van der Waals surface area contributed by atoms with Gasteiger partial charge in [0.05, 0.1) is 5.92 Å². The molecule has 3 nitrogen and oxygen atoms in total. The van der Waals surface area contributed by atoms with Gasteiger partial charge in [-0.3, -0.25) is 4.79 Å². The van der Waals surface area contributed by atoms with Crippen LogP contribution in [0.5, 0.6) is 0 Å². The first kappa shape index (κ1) is 19.2. The average Bonchev–Trinajstić information content (AvgIpc) is 2.56. The van der Waals surface area contributed by atoms with Gasteiger partial charge in [-0.2, -0.15) is 0 Å². The maximum Gasteiger partial charge on any atom is 0.229 e. The maximum atomic E-state index is 12.6. The van der Waals surface area contributed by atoms with Gasteiger partial charge in [0.2, 0.25) is 5.91 Å². The van der Waals surface area contributed by atoms with E-state index in [9.17, 15) is 4.79 Å². The highest BCUT2D eigenvalue weighted by Gasteiger charge is 2.23. The van der Waals surface area contributed by atoms with E-state index in [2.05, 4.69) is 12.2 Å². The SMILES string of the molecule is CCc1cccc(C)c1NC(=O)C(C)C(N)c1ccccc1.Cl. The number of hydrogen-bond acceptors (Lipinski definition) is 2. The number of hydrogen-bond donors (Lipinski definition) is 2. The molecule has 0 aliphatic heterocycles. The number of rotatable bonds is 5. The number of nitrogens with one attached hydrogen (secondary N) is 1. The van der Waals surface area contributed by atoms with Crippen LogP contribution in [-0.2, 0) is 11.2 Å². The molecule has 0 saturated carbocycles. The number of benzene rings is 2. The van der Waals surface area contributed by atoms with Crippen LogP contribution in [0, 0.1) is 12.8 Å². The van der Waals surface area contributed by atoms with Crippen LogP contribution in [0.3, 0.4) is 0 Å².